The lowest BCUT2D eigenvalue weighted by Gasteiger charge is -2.14. The summed E-state index contributed by atoms with van der Waals surface area (Å²) in [5.74, 6) is -0.920. The van der Waals surface area contributed by atoms with Gasteiger partial charge in [0.05, 0.1) is 11.0 Å². The Labute approximate surface area is 112 Å². The zero-order chi connectivity index (χ0) is 13.7. The lowest BCUT2D eigenvalue weighted by Crippen LogP contribution is -2.26. The number of halogens is 1. The van der Waals surface area contributed by atoms with E-state index in [4.69, 9.17) is 9.84 Å². The highest BCUT2D eigenvalue weighted by molar-refractivity contribution is 9.10. The molecule has 6 nitrogen and oxygen atoms in total. The molecule has 0 fully saturated rings. The van der Waals surface area contributed by atoms with Gasteiger partial charge in [0.2, 0.25) is 0 Å². The molecule has 0 amide bonds. The number of carbonyl (C=O) groups is 1. The maximum Gasteiger partial charge on any atom is 0.344 e. The molecule has 0 saturated heterocycles. The van der Waals surface area contributed by atoms with Crippen LogP contribution in [0.2, 0.25) is 0 Å². The molecule has 0 bridgehead atoms. The van der Waals surface area contributed by atoms with Crippen molar-refractivity contribution in [3.8, 4) is 5.75 Å². The third-order valence-electron chi connectivity index (χ3n) is 2.17. The summed E-state index contributed by atoms with van der Waals surface area (Å²) in [4.78, 5) is 21.0. The van der Waals surface area contributed by atoms with E-state index >= 15 is 0 Å². The summed E-state index contributed by atoms with van der Waals surface area (Å²) < 4.78 is 5.72. The number of carboxylic acids is 1. The molecule has 1 rings (SSSR count). The summed E-state index contributed by atoms with van der Waals surface area (Å²) in [6, 6.07) is 4.03. The summed E-state index contributed by atoms with van der Waals surface area (Å²) >= 11 is 3.12. The molecule has 1 aromatic rings. The van der Waals surface area contributed by atoms with Crippen LogP contribution < -0.4 is 4.74 Å². The van der Waals surface area contributed by atoms with E-state index in [1.807, 2.05) is 6.92 Å². The first-order valence-electron chi connectivity index (χ1n) is 5.28. The average molecular weight is 318 g/mol. The lowest BCUT2D eigenvalue weighted by atomic mass is 10.2. The second-order valence-electron chi connectivity index (χ2n) is 3.64. The van der Waals surface area contributed by atoms with Gasteiger partial charge in [-0.05, 0) is 12.5 Å². The molecule has 1 aromatic carbocycles. The van der Waals surface area contributed by atoms with Gasteiger partial charge in [0, 0.05) is 10.5 Å². The molecule has 1 atom stereocenters. The molecule has 0 aliphatic carbocycles. The number of benzene rings is 1. The summed E-state index contributed by atoms with van der Waals surface area (Å²) in [5, 5.41) is 19.6. The fourth-order valence-corrected chi connectivity index (χ4v) is 1.84. The maximum absolute atomic E-state index is 10.9. The summed E-state index contributed by atoms with van der Waals surface area (Å²) in [6.45, 7) is 1.84. The van der Waals surface area contributed by atoms with Crippen LogP contribution in [-0.2, 0) is 4.79 Å². The highest BCUT2D eigenvalue weighted by atomic mass is 79.9. The minimum Gasteiger partial charge on any atom is -0.479 e. The molecule has 7 heteroatoms. The maximum atomic E-state index is 10.9. The number of hydrogen-bond acceptors (Lipinski definition) is 4. The van der Waals surface area contributed by atoms with Crippen molar-refractivity contribution in [1.29, 1.82) is 0 Å². The van der Waals surface area contributed by atoms with Gasteiger partial charge < -0.3 is 9.84 Å². The third-order valence-corrected chi connectivity index (χ3v) is 2.63. The van der Waals surface area contributed by atoms with Crippen molar-refractivity contribution in [3.63, 3.8) is 0 Å². The second kappa shape index (κ2) is 6.34. The number of nitrogens with zero attached hydrogens (tertiary/aromatic N) is 1. The summed E-state index contributed by atoms with van der Waals surface area (Å²) in [6.07, 6.45) is -0.00759. The molecule has 0 aromatic heterocycles. The number of carboxylic acid groups (broad SMARTS) is 1. The largest absolute Gasteiger partial charge is 0.479 e. The van der Waals surface area contributed by atoms with Crippen molar-refractivity contribution in [3.05, 3.63) is 32.8 Å². The van der Waals surface area contributed by atoms with Gasteiger partial charge in [-0.2, -0.15) is 0 Å². The highest BCUT2D eigenvalue weighted by Gasteiger charge is 2.19. The Morgan fingerprint density at radius 1 is 1.56 bits per heavy atom. The monoisotopic (exact) mass is 317 g/mol. The predicted molar refractivity (Wildman–Crippen MR) is 67.8 cm³/mol. The molecular formula is C11H12BrNO5. The SMILES string of the molecule is CCCC(Oc1cc(Br)cc([N+](=O)[O-])c1)C(=O)O. The van der Waals surface area contributed by atoms with E-state index in [2.05, 4.69) is 15.9 Å². The van der Waals surface area contributed by atoms with E-state index in [0.29, 0.717) is 17.3 Å². The second-order valence-corrected chi connectivity index (χ2v) is 4.55. The Balaban J connectivity index is 2.95. The quantitative estimate of drug-likeness (QED) is 0.643. The Kier molecular flexibility index (Phi) is 5.08. The summed E-state index contributed by atoms with van der Waals surface area (Å²) in [7, 11) is 0. The van der Waals surface area contributed by atoms with Crippen molar-refractivity contribution in [2.24, 2.45) is 0 Å². The van der Waals surface area contributed by atoms with Crippen molar-refractivity contribution in [2.45, 2.75) is 25.9 Å². The van der Waals surface area contributed by atoms with E-state index in [0.717, 1.165) is 0 Å². The first kappa shape index (κ1) is 14.4. The molecule has 0 heterocycles. The Bertz CT molecular complexity index is 463. The fourth-order valence-electron chi connectivity index (χ4n) is 1.38. The number of hydrogen-bond donors (Lipinski definition) is 1. The normalized spacial score (nSPS) is 11.9. The van der Waals surface area contributed by atoms with Crippen LogP contribution in [0.3, 0.4) is 0 Å². The van der Waals surface area contributed by atoms with Gasteiger partial charge >= 0.3 is 5.97 Å². The number of nitro groups is 1. The van der Waals surface area contributed by atoms with Gasteiger partial charge in [-0.3, -0.25) is 10.1 Å². The molecular weight excluding hydrogens is 306 g/mol. The van der Waals surface area contributed by atoms with Gasteiger partial charge in [-0.1, -0.05) is 29.3 Å². The first-order chi connectivity index (χ1) is 8.43. The van der Waals surface area contributed by atoms with Gasteiger partial charge in [0.25, 0.3) is 5.69 Å². The number of ether oxygens (including phenoxy) is 1. The molecule has 98 valence electrons. The van der Waals surface area contributed by atoms with Crippen molar-refractivity contribution in [2.75, 3.05) is 0 Å². The molecule has 0 radical (unpaired) electrons. The van der Waals surface area contributed by atoms with Crippen LogP contribution in [0, 0.1) is 10.1 Å². The van der Waals surface area contributed by atoms with E-state index < -0.39 is 17.0 Å². The number of rotatable bonds is 6. The number of non-ortho nitro benzene ring substituents is 1. The minimum atomic E-state index is -1.08. The zero-order valence-corrected chi connectivity index (χ0v) is 11.2. The third kappa shape index (κ3) is 3.99. The fraction of sp³-hybridized carbons (Fsp3) is 0.364. The predicted octanol–water partition coefficient (Wildman–Crippen LogP) is 2.99. The topological polar surface area (TPSA) is 89.7 Å². The van der Waals surface area contributed by atoms with Crippen molar-refractivity contribution in [1.82, 2.24) is 0 Å². The van der Waals surface area contributed by atoms with Crippen LogP contribution >= 0.6 is 15.9 Å². The van der Waals surface area contributed by atoms with E-state index in [1.54, 1.807) is 0 Å². The summed E-state index contributed by atoms with van der Waals surface area (Å²) in [5.41, 5.74) is -0.153. The first-order valence-corrected chi connectivity index (χ1v) is 6.07. The van der Waals surface area contributed by atoms with Gasteiger partial charge in [-0.25, -0.2) is 4.79 Å². The van der Waals surface area contributed by atoms with E-state index in [-0.39, 0.29) is 11.4 Å². The lowest BCUT2D eigenvalue weighted by molar-refractivity contribution is -0.385. The standard InChI is InChI=1S/C11H12BrNO5/c1-2-3-10(11(14)15)18-9-5-7(12)4-8(6-9)13(16)17/h4-6,10H,2-3H2,1H3,(H,14,15). The Hall–Kier alpha value is -1.63. The van der Waals surface area contributed by atoms with Crippen molar-refractivity contribution >= 4 is 27.6 Å². The molecule has 0 spiro atoms. The van der Waals surface area contributed by atoms with Crippen LogP contribution in [0.1, 0.15) is 19.8 Å². The Morgan fingerprint density at radius 2 is 2.22 bits per heavy atom. The van der Waals surface area contributed by atoms with Crippen LogP contribution in [-0.4, -0.2) is 22.1 Å². The highest BCUT2D eigenvalue weighted by Crippen LogP contribution is 2.27. The van der Waals surface area contributed by atoms with Gasteiger partial charge in [0.15, 0.2) is 6.10 Å². The molecule has 18 heavy (non-hydrogen) atoms. The van der Waals surface area contributed by atoms with Crippen LogP contribution in [0.5, 0.6) is 5.75 Å². The zero-order valence-electron chi connectivity index (χ0n) is 9.63. The van der Waals surface area contributed by atoms with Crippen LogP contribution in [0.15, 0.2) is 22.7 Å². The molecule has 0 aliphatic rings. The number of nitro benzene ring substituents is 1. The average Bonchev–Trinajstić information content (AvgIpc) is 2.27. The van der Waals surface area contributed by atoms with Crippen LogP contribution in [0.25, 0.3) is 0 Å². The van der Waals surface area contributed by atoms with Gasteiger partial charge in [-0.15, -0.1) is 0 Å². The van der Waals surface area contributed by atoms with E-state index in [9.17, 15) is 14.9 Å². The van der Waals surface area contributed by atoms with E-state index in [1.165, 1.54) is 18.2 Å². The molecule has 1 N–H and O–H groups in total. The van der Waals surface area contributed by atoms with Gasteiger partial charge in [0.1, 0.15) is 5.75 Å². The molecule has 0 aliphatic heterocycles. The van der Waals surface area contributed by atoms with Crippen LogP contribution in [0.4, 0.5) is 5.69 Å². The molecule has 1 unspecified atom stereocenters. The minimum absolute atomic E-state index is 0.153. The smallest absolute Gasteiger partial charge is 0.344 e. The molecule has 0 saturated carbocycles. The Morgan fingerprint density at radius 3 is 2.72 bits per heavy atom. The number of aliphatic carboxylic acids is 1. The van der Waals surface area contributed by atoms with Crippen molar-refractivity contribution < 1.29 is 19.6 Å².